The second-order valence-electron chi connectivity index (χ2n) is 6.36. The Morgan fingerprint density at radius 1 is 0.880 bits per heavy atom. The number of anilines is 2. The first-order valence-corrected chi connectivity index (χ1v) is 8.67. The highest BCUT2D eigenvalue weighted by Crippen LogP contribution is 2.28. The van der Waals surface area contributed by atoms with E-state index in [9.17, 15) is 9.59 Å². The van der Waals surface area contributed by atoms with Crippen LogP contribution in [0.25, 0.3) is 0 Å². The molecule has 5 heteroatoms. The van der Waals surface area contributed by atoms with Crippen molar-refractivity contribution < 1.29 is 9.59 Å². The van der Waals surface area contributed by atoms with Crippen molar-refractivity contribution in [1.29, 1.82) is 0 Å². The van der Waals surface area contributed by atoms with Crippen LogP contribution in [0.5, 0.6) is 0 Å². The standard InChI is InChI=1S/C20H23N3O2/c21-19(24)17-13-7-8-14-18(17)22-20(25)23(15-9-3-1-4-10-15)16-11-5-2-6-12-16/h1-6,9-12,17-18H,7-8,13-14H2,(H2,21,24)(H,22,25)/t17-,18-/m1/s1. The number of urea groups is 1. The van der Waals surface area contributed by atoms with E-state index in [4.69, 9.17) is 5.73 Å². The molecule has 0 aromatic heterocycles. The fourth-order valence-electron chi connectivity index (χ4n) is 3.41. The molecule has 3 N–H and O–H groups in total. The summed E-state index contributed by atoms with van der Waals surface area (Å²) in [6.45, 7) is 0. The van der Waals surface area contributed by atoms with Gasteiger partial charge in [0.1, 0.15) is 0 Å². The van der Waals surface area contributed by atoms with E-state index in [0.29, 0.717) is 0 Å². The molecule has 1 aliphatic rings. The van der Waals surface area contributed by atoms with Crippen LogP contribution in [0.4, 0.5) is 16.2 Å². The number of benzene rings is 2. The van der Waals surface area contributed by atoms with Crippen molar-refractivity contribution >= 4 is 23.3 Å². The molecule has 3 rings (SSSR count). The Morgan fingerprint density at radius 2 is 1.40 bits per heavy atom. The van der Waals surface area contributed by atoms with Crippen LogP contribution in [0.15, 0.2) is 60.7 Å². The third kappa shape index (κ3) is 3.99. The molecule has 2 atom stereocenters. The summed E-state index contributed by atoms with van der Waals surface area (Å²) in [4.78, 5) is 26.4. The van der Waals surface area contributed by atoms with Gasteiger partial charge in [-0.25, -0.2) is 4.79 Å². The Kier molecular flexibility index (Phi) is 5.33. The topological polar surface area (TPSA) is 75.4 Å². The number of hydrogen-bond acceptors (Lipinski definition) is 2. The van der Waals surface area contributed by atoms with Gasteiger partial charge in [-0.2, -0.15) is 0 Å². The molecule has 0 aliphatic heterocycles. The summed E-state index contributed by atoms with van der Waals surface area (Å²) in [5, 5.41) is 3.03. The summed E-state index contributed by atoms with van der Waals surface area (Å²) in [7, 11) is 0. The molecule has 0 radical (unpaired) electrons. The highest BCUT2D eigenvalue weighted by molar-refractivity contribution is 5.99. The van der Waals surface area contributed by atoms with Gasteiger partial charge in [-0.05, 0) is 37.1 Å². The Morgan fingerprint density at radius 3 is 1.92 bits per heavy atom. The second kappa shape index (κ2) is 7.83. The van der Waals surface area contributed by atoms with Gasteiger partial charge in [-0.3, -0.25) is 9.69 Å². The predicted octanol–water partition coefficient (Wildman–Crippen LogP) is 3.58. The van der Waals surface area contributed by atoms with E-state index in [1.54, 1.807) is 4.90 Å². The minimum Gasteiger partial charge on any atom is -0.369 e. The molecule has 1 aliphatic carbocycles. The average molecular weight is 337 g/mol. The van der Waals surface area contributed by atoms with Crippen LogP contribution >= 0.6 is 0 Å². The summed E-state index contributed by atoms with van der Waals surface area (Å²) in [5.41, 5.74) is 7.08. The molecule has 2 aromatic rings. The number of hydrogen-bond donors (Lipinski definition) is 2. The summed E-state index contributed by atoms with van der Waals surface area (Å²) < 4.78 is 0. The van der Waals surface area contributed by atoms with Gasteiger partial charge < -0.3 is 11.1 Å². The molecule has 25 heavy (non-hydrogen) atoms. The SMILES string of the molecule is NC(=O)[C@@H]1CCCC[C@H]1NC(=O)N(c1ccccc1)c1ccccc1. The Hall–Kier alpha value is -2.82. The maximum atomic E-state index is 13.0. The van der Waals surface area contributed by atoms with Crippen molar-refractivity contribution in [1.82, 2.24) is 5.32 Å². The van der Waals surface area contributed by atoms with E-state index in [1.807, 2.05) is 60.7 Å². The summed E-state index contributed by atoms with van der Waals surface area (Å²) in [6, 6.07) is 18.5. The molecule has 1 fully saturated rings. The van der Waals surface area contributed by atoms with Gasteiger partial charge in [0.15, 0.2) is 0 Å². The molecule has 0 saturated heterocycles. The normalized spacial score (nSPS) is 19.8. The van der Waals surface area contributed by atoms with Crippen molar-refractivity contribution in [3.05, 3.63) is 60.7 Å². The molecule has 0 bridgehead atoms. The van der Waals surface area contributed by atoms with Crippen LogP contribution in [0.1, 0.15) is 25.7 Å². The van der Waals surface area contributed by atoms with Crippen molar-refractivity contribution in [2.75, 3.05) is 4.90 Å². The van der Waals surface area contributed by atoms with E-state index in [-0.39, 0.29) is 23.9 Å². The van der Waals surface area contributed by atoms with Gasteiger partial charge in [0.25, 0.3) is 0 Å². The number of carbonyl (C=O) groups excluding carboxylic acids is 2. The smallest absolute Gasteiger partial charge is 0.326 e. The molecule has 0 spiro atoms. The van der Waals surface area contributed by atoms with Crippen LogP contribution in [-0.4, -0.2) is 18.0 Å². The van der Waals surface area contributed by atoms with E-state index < -0.39 is 0 Å². The largest absolute Gasteiger partial charge is 0.369 e. The minimum atomic E-state index is -0.337. The first-order valence-electron chi connectivity index (χ1n) is 8.67. The molecular weight excluding hydrogens is 314 g/mol. The first-order chi connectivity index (χ1) is 12.2. The zero-order valence-corrected chi connectivity index (χ0v) is 14.1. The fourth-order valence-corrected chi connectivity index (χ4v) is 3.41. The lowest BCUT2D eigenvalue weighted by atomic mass is 9.84. The van der Waals surface area contributed by atoms with Crippen LogP contribution in [0.2, 0.25) is 0 Å². The molecular formula is C20H23N3O2. The number of para-hydroxylation sites is 2. The van der Waals surface area contributed by atoms with E-state index >= 15 is 0 Å². The van der Waals surface area contributed by atoms with E-state index in [1.165, 1.54) is 0 Å². The molecule has 3 amide bonds. The average Bonchev–Trinajstić information content (AvgIpc) is 2.64. The van der Waals surface area contributed by atoms with Crippen LogP contribution in [0, 0.1) is 5.92 Å². The number of amides is 3. The van der Waals surface area contributed by atoms with Crippen molar-refractivity contribution in [2.24, 2.45) is 11.7 Å². The number of nitrogens with zero attached hydrogens (tertiary/aromatic N) is 1. The minimum absolute atomic E-state index is 0.214. The molecule has 130 valence electrons. The zero-order chi connectivity index (χ0) is 17.6. The number of nitrogens with two attached hydrogens (primary N) is 1. The Bertz CT molecular complexity index is 679. The summed E-state index contributed by atoms with van der Waals surface area (Å²) in [6.07, 6.45) is 3.47. The van der Waals surface area contributed by atoms with Crippen molar-refractivity contribution in [3.8, 4) is 0 Å². The number of rotatable bonds is 4. The molecule has 0 unspecified atom stereocenters. The third-order valence-electron chi connectivity index (χ3n) is 4.67. The number of nitrogens with one attached hydrogen (secondary N) is 1. The molecule has 2 aromatic carbocycles. The molecule has 1 saturated carbocycles. The fraction of sp³-hybridized carbons (Fsp3) is 0.300. The van der Waals surface area contributed by atoms with Crippen LogP contribution < -0.4 is 16.0 Å². The number of primary amides is 1. The highest BCUT2D eigenvalue weighted by Gasteiger charge is 2.32. The lowest BCUT2D eigenvalue weighted by Crippen LogP contribution is -2.50. The quantitative estimate of drug-likeness (QED) is 0.895. The van der Waals surface area contributed by atoms with Gasteiger partial charge in [0.05, 0.1) is 17.3 Å². The van der Waals surface area contributed by atoms with Gasteiger partial charge >= 0.3 is 6.03 Å². The second-order valence-corrected chi connectivity index (χ2v) is 6.36. The third-order valence-corrected chi connectivity index (χ3v) is 4.67. The number of carbonyl (C=O) groups is 2. The summed E-state index contributed by atoms with van der Waals surface area (Å²) in [5.74, 6) is -0.637. The lowest BCUT2D eigenvalue weighted by Gasteiger charge is -2.32. The zero-order valence-electron chi connectivity index (χ0n) is 14.1. The Balaban J connectivity index is 1.86. The molecule has 0 heterocycles. The maximum Gasteiger partial charge on any atom is 0.326 e. The van der Waals surface area contributed by atoms with Gasteiger partial charge in [-0.1, -0.05) is 49.2 Å². The van der Waals surface area contributed by atoms with E-state index in [2.05, 4.69) is 5.32 Å². The van der Waals surface area contributed by atoms with Gasteiger partial charge in [-0.15, -0.1) is 0 Å². The maximum absolute atomic E-state index is 13.0. The van der Waals surface area contributed by atoms with Gasteiger partial charge in [0.2, 0.25) is 5.91 Å². The molecule has 5 nitrogen and oxygen atoms in total. The van der Waals surface area contributed by atoms with Crippen LogP contribution in [-0.2, 0) is 4.79 Å². The van der Waals surface area contributed by atoms with Crippen LogP contribution in [0.3, 0.4) is 0 Å². The Labute approximate surface area is 147 Å². The van der Waals surface area contributed by atoms with E-state index in [0.717, 1.165) is 37.1 Å². The first kappa shape index (κ1) is 17.0. The van der Waals surface area contributed by atoms with Crippen molar-refractivity contribution in [3.63, 3.8) is 0 Å². The van der Waals surface area contributed by atoms with Crippen molar-refractivity contribution in [2.45, 2.75) is 31.7 Å². The van der Waals surface area contributed by atoms with Gasteiger partial charge in [0, 0.05) is 6.04 Å². The summed E-state index contributed by atoms with van der Waals surface area (Å²) >= 11 is 0. The monoisotopic (exact) mass is 337 g/mol. The highest BCUT2D eigenvalue weighted by atomic mass is 16.2. The predicted molar refractivity (Wildman–Crippen MR) is 98.5 cm³/mol. The lowest BCUT2D eigenvalue weighted by molar-refractivity contribution is -0.123.